The Morgan fingerprint density at radius 1 is 1.26 bits per heavy atom. The number of rotatable bonds is 6. The highest BCUT2D eigenvalue weighted by atomic mass is 32.1. The van der Waals surface area contributed by atoms with Gasteiger partial charge >= 0.3 is 0 Å². The monoisotopic (exact) mass is 279 g/mol. The Morgan fingerprint density at radius 3 is 2.74 bits per heavy atom. The van der Waals surface area contributed by atoms with E-state index in [2.05, 4.69) is 32.2 Å². The molecule has 2 rings (SSSR count). The minimum Gasteiger partial charge on any atom is -0.309 e. The highest BCUT2D eigenvalue weighted by molar-refractivity contribution is 7.19. The maximum Gasteiger partial charge on any atom is 0.124 e. The van der Waals surface area contributed by atoms with Crippen LogP contribution in [0.3, 0.4) is 0 Å². The van der Waals surface area contributed by atoms with Crippen molar-refractivity contribution in [3.8, 4) is 0 Å². The lowest BCUT2D eigenvalue weighted by molar-refractivity contribution is 0.374. The molecule has 1 heterocycles. The molecule has 3 heteroatoms. The summed E-state index contributed by atoms with van der Waals surface area (Å²) in [5.74, 6) is 0.449. The maximum atomic E-state index is 13.3. The number of thiophene rings is 1. The highest BCUT2D eigenvalue weighted by Crippen LogP contribution is 2.35. The van der Waals surface area contributed by atoms with Crippen molar-refractivity contribution in [2.75, 3.05) is 6.54 Å². The molecular weight excluding hydrogens is 257 g/mol. The molecule has 0 saturated heterocycles. The molecule has 19 heavy (non-hydrogen) atoms. The number of hydrogen-bond acceptors (Lipinski definition) is 2. The van der Waals surface area contributed by atoms with Crippen molar-refractivity contribution in [1.29, 1.82) is 0 Å². The van der Waals surface area contributed by atoms with E-state index in [0.717, 1.165) is 16.6 Å². The third-order valence-corrected chi connectivity index (χ3v) is 4.73. The van der Waals surface area contributed by atoms with Gasteiger partial charge < -0.3 is 5.32 Å². The standard InChI is InChI=1S/C16H22FNS/c1-4-6-11(3)16(18-5-2)15-9-12-7-8-13(17)10-14(12)19-15/h7-11,16,18H,4-6H2,1-3H3. The topological polar surface area (TPSA) is 12.0 Å². The molecule has 0 saturated carbocycles. The zero-order chi connectivity index (χ0) is 13.8. The van der Waals surface area contributed by atoms with Crippen molar-refractivity contribution in [2.45, 2.75) is 39.7 Å². The molecule has 1 N–H and O–H groups in total. The molecule has 0 fully saturated rings. The molecule has 1 nitrogen and oxygen atoms in total. The summed E-state index contributed by atoms with van der Waals surface area (Å²) in [4.78, 5) is 1.32. The summed E-state index contributed by atoms with van der Waals surface area (Å²) in [5.41, 5.74) is 0. The van der Waals surface area contributed by atoms with Crippen LogP contribution < -0.4 is 5.32 Å². The van der Waals surface area contributed by atoms with E-state index in [4.69, 9.17) is 0 Å². The molecule has 0 spiro atoms. The first-order valence-electron chi connectivity index (χ1n) is 7.08. The molecule has 2 atom stereocenters. The minimum absolute atomic E-state index is 0.150. The van der Waals surface area contributed by atoms with Crippen molar-refractivity contribution in [1.82, 2.24) is 5.32 Å². The Balaban J connectivity index is 2.32. The molecule has 1 aromatic carbocycles. The van der Waals surface area contributed by atoms with E-state index >= 15 is 0 Å². The first-order chi connectivity index (χ1) is 9.15. The summed E-state index contributed by atoms with van der Waals surface area (Å²) in [5, 5.41) is 4.72. The number of halogens is 1. The normalized spacial score (nSPS) is 14.7. The molecule has 0 radical (unpaired) electrons. The summed E-state index contributed by atoms with van der Waals surface area (Å²) in [6.07, 6.45) is 2.41. The quantitative estimate of drug-likeness (QED) is 0.773. The summed E-state index contributed by atoms with van der Waals surface area (Å²) < 4.78 is 14.3. The lowest BCUT2D eigenvalue weighted by Gasteiger charge is -2.23. The lowest BCUT2D eigenvalue weighted by atomic mass is 9.95. The van der Waals surface area contributed by atoms with Crippen LogP contribution in [0.15, 0.2) is 24.3 Å². The SMILES string of the molecule is CCCC(C)C(NCC)c1cc2ccc(F)cc2s1. The van der Waals surface area contributed by atoms with Gasteiger partial charge in [0, 0.05) is 15.6 Å². The Hall–Kier alpha value is -0.930. The third-order valence-electron chi connectivity index (χ3n) is 3.54. The van der Waals surface area contributed by atoms with Crippen LogP contribution in [-0.2, 0) is 0 Å². The molecule has 0 aliphatic carbocycles. The zero-order valence-electron chi connectivity index (χ0n) is 11.9. The molecule has 0 aliphatic heterocycles. The first kappa shape index (κ1) is 14.5. The van der Waals surface area contributed by atoms with Crippen LogP contribution in [0.25, 0.3) is 10.1 Å². The van der Waals surface area contributed by atoms with Crippen LogP contribution in [0.5, 0.6) is 0 Å². The van der Waals surface area contributed by atoms with E-state index in [1.54, 1.807) is 17.4 Å². The van der Waals surface area contributed by atoms with Gasteiger partial charge in [0.25, 0.3) is 0 Å². The van der Waals surface area contributed by atoms with Gasteiger partial charge in [-0.2, -0.15) is 0 Å². The summed E-state index contributed by atoms with van der Waals surface area (Å²) in [6.45, 7) is 7.61. The summed E-state index contributed by atoms with van der Waals surface area (Å²) >= 11 is 1.71. The fraction of sp³-hybridized carbons (Fsp3) is 0.500. The molecule has 2 aromatic rings. The van der Waals surface area contributed by atoms with Gasteiger partial charge in [-0.1, -0.05) is 33.3 Å². The average molecular weight is 279 g/mol. The average Bonchev–Trinajstić information content (AvgIpc) is 2.78. The molecule has 0 bridgehead atoms. The van der Waals surface area contributed by atoms with Crippen molar-refractivity contribution in [3.05, 3.63) is 35.0 Å². The zero-order valence-corrected chi connectivity index (χ0v) is 12.7. The van der Waals surface area contributed by atoms with Gasteiger partial charge in [0.05, 0.1) is 0 Å². The van der Waals surface area contributed by atoms with Crippen molar-refractivity contribution < 1.29 is 4.39 Å². The van der Waals surface area contributed by atoms with Crippen molar-refractivity contribution in [3.63, 3.8) is 0 Å². The van der Waals surface area contributed by atoms with Crippen LogP contribution in [0.1, 0.15) is 44.5 Å². The highest BCUT2D eigenvalue weighted by Gasteiger charge is 2.20. The number of benzene rings is 1. The second-order valence-electron chi connectivity index (χ2n) is 5.13. The van der Waals surface area contributed by atoms with E-state index < -0.39 is 0 Å². The van der Waals surface area contributed by atoms with Gasteiger partial charge in [0.2, 0.25) is 0 Å². The van der Waals surface area contributed by atoms with Gasteiger partial charge in [0.1, 0.15) is 5.82 Å². The molecule has 104 valence electrons. The Morgan fingerprint density at radius 2 is 2.05 bits per heavy atom. The summed E-state index contributed by atoms with van der Waals surface area (Å²) in [6, 6.07) is 7.63. The Bertz CT molecular complexity index is 535. The van der Waals surface area contributed by atoms with Crippen molar-refractivity contribution >= 4 is 21.4 Å². The van der Waals surface area contributed by atoms with Gasteiger partial charge in [-0.15, -0.1) is 11.3 Å². The second kappa shape index (κ2) is 6.49. The van der Waals surface area contributed by atoms with E-state index in [-0.39, 0.29) is 5.82 Å². The molecule has 2 unspecified atom stereocenters. The molecule has 1 aromatic heterocycles. The fourth-order valence-electron chi connectivity index (χ4n) is 2.60. The third kappa shape index (κ3) is 3.34. The van der Waals surface area contributed by atoms with Gasteiger partial charge in [0.15, 0.2) is 0 Å². The van der Waals surface area contributed by atoms with Crippen LogP contribution in [0, 0.1) is 11.7 Å². The fourth-order valence-corrected chi connectivity index (χ4v) is 3.90. The lowest BCUT2D eigenvalue weighted by Crippen LogP contribution is -2.26. The van der Waals surface area contributed by atoms with Crippen molar-refractivity contribution in [2.24, 2.45) is 5.92 Å². The van der Waals surface area contributed by atoms with E-state index in [1.165, 1.54) is 23.8 Å². The van der Waals surface area contributed by atoms with E-state index in [9.17, 15) is 4.39 Å². The second-order valence-corrected chi connectivity index (χ2v) is 6.25. The Kier molecular flexibility index (Phi) is 4.94. The predicted octanol–water partition coefficient (Wildman–Crippen LogP) is 5.13. The predicted molar refractivity (Wildman–Crippen MR) is 82.3 cm³/mol. The van der Waals surface area contributed by atoms with Crippen LogP contribution in [0.4, 0.5) is 4.39 Å². The smallest absolute Gasteiger partial charge is 0.124 e. The number of nitrogens with one attached hydrogen (secondary N) is 1. The van der Waals surface area contributed by atoms with Crippen LogP contribution >= 0.6 is 11.3 Å². The first-order valence-corrected chi connectivity index (χ1v) is 7.89. The molecule has 0 amide bonds. The molecular formula is C16H22FNS. The van der Waals surface area contributed by atoms with Gasteiger partial charge in [-0.05, 0) is 42.5 Å². The van der Waals surface area contributed by atoms with Gasteiger partial charge in [-0.3, -0.25) is 0 Å². The number of hydrogen-bond donors (Lipinski definition) is 1. The largest absolute Gasteiger partial charge is 0.309 e. The van der Waals surface area contributed by atoms with Crippen LogP contribution in [0.2, 0.25) is 0 Å². The van der Waals surface area contributed by atoms with E-state index in [1.807, 2.05) is 6.07 Å². The van der Waals surface area contributed by atoms with E-state index in [0.29, 0.717) is 12.0 Å². The van der Waals surface area contributed by atoms with Gasteiger partial charge in [-0.25, -0.2) is 4.39 Å². The maximum absolute atomic E-state index is 13.3. The minimum atomic E-state index is -0.150. The van der Waals surface area contributed by atoms with Crippen LogP contribution in [-0.4, -0.2) is 6.54 Å². The Labute approximate surface area is 118 Å². The molecule has 0 aliphatic rings. The number of fused-ring (bicyclic) bond motifs is 1. The summed E-state index contributed by atoms with van der Waals surface area (Å²) in [7, 11) is 0.